The monoisotopic (exact) mass is 333 g/mol. The summed E-state index contributed by atoms with van der Waals surface area (Å²) in [6.07, 6.45) is 0. The minimum atomic E-state index is -0.573. The molecule has 2 aromatic carbocycles. The first-order chi connectivity index (χ1) is 11.5. The van der Waals surface area contributed by atoms with Crippen LogP contribution in [-0.4, -0.2) is 39.2 Å². The van der Waals surface area contributed by atoms with E-state index in [1.54, 1.807) is 27.3 Å². The highest BCUT2D eigenvalue weighted by Crippen LogP contribution is 2.31. The molecular weight excluding hydrogens is 313 g/mol. The van der Waals surface area contributed by atoms with Crippen molar-refractivity contribution < 1.29 is 23.4 Å². The second-order valence-electron chi connectivity index (χ2n) is 5.16. The predicted molar refractivity (Wildman–Crippen MR) is 88.3 cm³/mol. The summed E-state index contributed by atoms with van der Waals surface area (Å²) in [6.45, 7) is 0.298. The molecule has 24 heavy (non-hydrogen) atoms. The fraction of sp³-hybridized carbons (Fsp3) is 0.278. The van der Waals surface area contributed by atoms with Crippen LogP contribution in [0.4, 0.5) is 4.39 Å². The molecule has 0 unspecified atom stereocenters. The van der Waals surface area contributed by atoms with Crippen molar-refractivity contribution in [3.8, 4) is 17.2 Å². The molecule has 128 valence electrons. The van der Waals surface area contributed by atoms with E-state index in [0.717, 1.165) is 5.56 Å². The Bertz CT molecular complexity index is 733. The Balaban J connectivity index is 2.22. The van der Waals surface area contributed by atoms with Crippen molar-refractivity contribution in [1.29, 1.82) is 0 Å². The van der Waals surface area contributed by atoms with Crippen LogP contribution >= 0.6 is 0 Å². The van der Waals surface area contributed by atoms with Crippen molar-refractivity contribution >= 4 is 5.91 Å². The van der Waals surface area contributed by atoms with Crippen molar-refractivity contribution in [1.82, 2.24) is 4.90 Å². The summed E-state index contributed by atoms with van der Waals surface area (Å²) >= 11 is 0. The van der Waals surface area contributed by atoms with Crippen LogP contribution in [0.25, 0.3) is 0 Å². The number of methoxy groups -OCH3 is 3. The lowest BCUT2D eigenvalue weighted by atomic mass is 10.1. The smallest absolute Gasteiger partial charge is 0.254 e. The molecule has 0 aliphatic rings. The molecule has 2 aromatic rings. The first-order valence-corrected chi connectivity index (χ1v) is 7.30. The zero-order valence-corrected chi connectivity index (χ0v) is 14.1. The van der Waals surface area contributed by atoms with E-state index < -0.39 is 5.82 Å². The molecular formula is C18H20FNO4. The third kappa shape index (κ3) is 3.59. The summed E-state index contributed by atoms with van der Waals surface area (Å²) in [7, 11) is 6.11. The van der Waals surface area contributed by atoms with Crippen LogP contribution in [0, 0.1) is 5.82 Å². The molecule has 0 atom stereocenters. The Labute approximate surface area is 140 Å². The summed E-state index contributed by atoms with van der Waals surface area (Å²) in [5.74, 6) is 0.382. The van der Waals surface area contributed by atoms with Crippen LogP contribution in [0.15, 0.2) is 36.4 Å². The molecule has 0 aliphatic heterocycles. The minimum absolute atomic E-state index is 0.101. The average molecular weight is 333 g/mol. The van der Waals surface area contributed by atoms with Crippen LogP contribution in [0.5, 0.6) is 17.2 Å². The molecule has 6 heteroatoms. The van der Waals surface area contributed by atoms with E-state index in [2.05, 4.69) is 0 Å². The van der Waals surface area contributed by atoms with Gasteiger partial charge in [0, 0.05) is 24.7 Å². The molecule has 1 amide bonds. The second kappa shape index (κ2) is 7.68. The van der Waals surface area contributed by atoms with Crippen molar-refractivity contribution in [2.24, 2.45) is 0 Å². The quantitative estimate of drug-likeness (QED) is 0.815. The van der Waals surface area contributed by atoms with Gasteiger partial charge >= 0.3 is 0 Å². The van der Waals surface area contributed by atoms with Crippen LogP contribution in [0.1, 0.15) is 15.9 Å². The minimum Gasteiger partial charge on any atom is -0.494 e. The highest BCUT2D eigenvalue weighted by molar-refractivity contribution is 5.94. The summed E-state index contributed by atoms with van der Waals surface area (Å²) in [4.78, 5) is 14.0. The lowest BCUT2D eigenvalue weighted by molar-refractivity contribution is 0.0783. The van der Waals surface area contributed by atoms with Crippen LogP contribution in [-0.2, 0) is 6.54 Å². The normalized spacial score (nSPS) is 10.2. The van der Waals surface area contributed by atoms with E-state index in [0.29, 0.717) is 18.0 Å². The number of halogens is 1. The molecule has 0 aromatic heterocycles. The SMILES string of the molecule is COc1ccc(C(=O)N(C)Cc2cccc(OC)c2OC)cc1F. The maximum absolute atomic E-state index is 13.8. The number of nitrogens with zero attached hydrogens (tertiary/aromatic N) is 1. The van der Waals surface area contributed by atoms with E-state index in [9.17, 15) is 9.18 Å². The fourth-order valence-corrected chi connectivity index (χ4v) is 2.43. The maximum Gasteiger partial charge on any atom is 0.254 e. The van der Waals surface area contributed by atoms with Crippen molar-refractivity contribution in [2.45, 2.75) is 6.54 Å². The Morgan fingerprint density at radius 2 is 1.75 bits per heavy atom. The number of ether oxygens (including phenoxy) is 3. The molecule has 5 nitrogen and oxygen atoms in total. The van der Waals surface area contributed by atoms with Crippen molar-refractivity contribution in [3.63, 3.8) is 0 Å². The molecule has 2 rings (SSSR count). The molecule has 0 saturated heterocycles. The summed E-state index contributed by atoms with van der Waals surface area (Å²) in [6, 6.07) is 9.58. The first kappa shape index (κ1) is 17.6. The van der Waals surface area contributed by atoms with E-state index in [1.165, 1.54) is 30.2 Å². The molecule has 0 bridgehead atoms. The van der Waals surface area contributed by atoms with Gasteiger partial charge in [0.2, 0.25) is 0 Å². The van der Waals surface area contributed by atoms with E-state index in [4.69, 9.17) is 14.2 Å². The summed E-state index contributed by atoms with van der Waals surface area (Å²) < 4.78 is 29.3. The van der Waals surface area contributed by atoms with Gasteiger partial charge in [-0.3, -0.25) is 4.79 Å². The molecule has 0 fully saturated rings. The van der Waals surface area contributed by atoms with Crippen molar-refractivity contribution in [2.75, 3.05) is 28.4 Å². The Hall–Kier alpha value is -2.76. The number of hydrogen-bond acceptors (Lipinski definition) is 4. The van der Waals surface area contributed by atoms with Gasteiger partial charge in [0.15, 0.2) is 23.1 Å². The summed E-state index contributed by atoms with van der Waals surface area (Å²) in [5.41, 5.74) is 1.04. The standard InChI is InChI=1S/C18H20FNO4/c1-20(11-13-6-5-7-16(23-3)17(13)24-4)18(21)12-8-9-15(22-2)14(19)10-12/h5-10H,11H2,1-4H3. The van der Waals surface area contributed by atoms with Crippen molar-refractivity contribution in [3.05, 3.63) is 53.3 Å². The molecule has 0 N–H and O–H groups in total. The molecule has 0 heterocycles. The van der Waals surface area contributed by atoms with E-state index in [1.807, 2.05) is 12.1 Å². The van der Waals surface area contributed by atoms with Gasteiger partial charge in [-0.25, -0.2) is 4.39 Å². The number of carbonyl (C=O) groups is 1. The van der Waals surface area contributed by atoms with E-state index in [-0.39, 0.29) is 17.2 Å². The largest absolute Gasteiger partial charge is 0.494 e. The lowest BCUT2D eigenvalue weighted by Crippen LogP contribution is -2.26. The molecule has 0 radical (unpaired) electrons. The number of amides is 1. The van der Waals surface area contributed by atoms with Gasteiger partial charge in [0.1, 0.15) is 0 Å². The first-order valence-electron chi connectivity index (χ1n) is 7.30. The average Bonchev–Trinajstić information content (AvgIpc) is 2.60. The number of carbonyl (C=O) groups excluding carboxylic acids is 1. The van der Waals surface area contributed by atoms with Gasteiger partial charge in [-0.05, 0) is 24.3 Å². The third-order valence-electron chi connectivity index (χ3n) is 3.64. The van der Waals surface area contributed by atoms with Gasteiger partial charge in [0.05, 0.1) is 21.3 Å². The number of para-hydroxylation sites is 1. The topological polar surface area (TPSA) is 48.0 Å². The molecule has 0 aliphatic carbocycles. The number of rotatable bonds is 6. The lowest BCUT2D eigenvalue weighted by Gasteiger charge is -2.20. The van der Waals surface area contributed by atoms with Gasteiger partial charge in [0.25, 0.3) is 5.91 Å². The van der Waals surface area contributed by atoms with Crippen LogP contribution in [0.2, 0.25) is 0 Å². The number of hydrogen-bond donors (Lipinski definition) is 0. The third-order valence-corrected chi connectivity index (χ3v) is 3.64. The fourth-order valence-electron chi connectivity index (χ4n) is 2.43. The molecule has 0 saturated carbocycles. The Kier molecular flexibility index (Phi) is 5.63. The Morgan fingerprint density at radius 1 is 1.04 bits per heavy atom. The van der Waals surface area contributed by atoms with Gasteiger partial charge in [-0.2, -0.15) is 0 Å². The second-order valence-corrected chi connectivity index (χ2v) is 5.16. The Morgan fingerprint density at radius 3 is 2.33 bits per heavy atom. The van der Waals surface area contributed by atoms with Crippen LogP contribution < -0.4 is 14.2 Å². The molecule has 0 spiro atoms. The highest BCUT2D eigenvalue weighted by Gasteiger charge is 2.17. The van der Waals surface area contributed by atoms with Crippen LogP contribution in [0.3, 0.4) is 0 Å². The maximum atomic E-state index is 13.8. The zero-order chi connectivity index (χ0) is 17.7. The van der Waals surface area contributed by atoms with Gasteiger partial charge in [-0.1, -0.05) is 12.1 Å². The number of benzene rings is 2. The zero-order valence-electron chi connectivity index (χ0n) is 14.1. The van der Waals surface area contributed by atoms with Gasteiger partial charge < -0.3 is 19.1 Å². The summed E-state index contributed by atoms with van der Waals surface area (Å²) in [5, 5.41) is 0. The van der Waals surface area contributed by atoms with E-state index >= 15 is 0 Å². The predicted octanol–water partition coefficient (Wildman–Crippen LogP) is 3.12. The van der Waals surface area contributed by atoms with Gasteiger partial charge in [-0.15, -0.1) is 0 Å². The highest BCUT2D eigenvalue weighted by atomic mass is 19.1.